The van der Waals surface area contributed by atoms with Crippen LogP contribution in [0.5, 0.6) is 0 Å². The van der Waals surface area contributed by atoms with Crippen LogP contribution in [0.15, 0.2) is 24.3 Å². The molecule has 0 saturated carbocycles. The second-order valence-electron chi connectivity index (χ2n) is 6.98. The Kier molecular flexibility index (Phi) is 6.59. The van der Waals surface area contributed by atoms with Gasteiger partial charge in [0, 0.05) is 12.1 Å². The van der Waals surface area contributed by atoms with E-state index < -0.39 is 35.3 Å². The molecule has 0 fully saturated rings. The average molecular weight is 359 g/mol. The lowest BCUT2D eigenvalue weighted by atomic mass is 10.1. The Bertz CT molecular complexity index is 607. The zero-order valence-electron chi connectivity index (χ0n) is 15.0. The number of imide groups is 1. The van der Waals surface area contributed by atoms with Crippen LogP contribution in [-0.2, 0) is 17.5 Å². The molecule has 2 N–H and O–H groups in total. The predicted octanol–water partition coefficient (Wildman–Crippen LogP) is 3.15. The van der Waals surface area contributed by atoms with Crippen molar-refractivity contribution in [3.05, 3.63) is 35.4 Å². The number of carbonyl (C=O) groups excluding carboxylic acids is 2. The number of halogens is 3. The number of rotatable bonds is 4. The SMILES string of the molecule is C[C@@H](C(=O)NC(=O)NC(C)(C)C)N(C)Cc1ccc(C(F)(F)F)cc1. The molecular weight excluding hydrogens is 335 g/mol. The molecule has 0 aliphatic rings. The lowest BCUT2D eigenvalue weighted by Crippen LogP contribution is -2.52. The van der Waals surface area contributed by atoms with E-state index in [4.69, 9.17) is 0 Å². The van der Waals surface area contributed by atoms with Gasteiger partial charge in [0.15, 0.2) is 0 Å². The largest absolute Gasteiger partial charge is 0.416 e. The highest BCUT2D eigenvalue weighted by molar-refractivity contribution is 5.97. The molecule has 0 bridgehead atoms. The Morgan fingerprint density at radius 1 is 1.12 bits per heavy atom. The van der Waals surface area contributed by atoms with Crippen LogP contribution in [-0.4, -0.2) is 35.5 Å². The molecule has 3 amide bonds. The first kappa shape index (κ1) is 21.0. The normalized spacial score (nSPS) is 13.5. The highest BCUT2D eigenvalue weighted by Crippen LogP contribution is 2.29. The summed E-state index contributed by atoms with van der Waals surface area (Å²) in [4.78, 5) is 25.5. The summed E-state index contributed by atoms with van der Waals surface area (Å²) in [5.74, 6) is -0.490. The smallest absolute Gasteiger partial charge is 0.333 e. The van der Waals surface area contributed by atoms with E-state index in [1.807, 2.05) is 0 Å². The molecular formula is C17H24F3N3O2. The van der Waals surface area contributed by atoms with E-state index in [-0.39, 0.29) is 6.54 Å². The number of alkyl halides is 3. The van der Waals surface area contributed by atoms with Gasteiger partial charge in [-0.25, -0.2) is 4.79 Å². The maximum absolute atomic E-state index is 12.6. The molecule has 0 heterocycles. The van der Waals surface area contributed by atoms with Crippen LogP contribution in [0.25, 0.3) is 0 Å². The van der Waals surface area contributed by atoms with E-state index >= 15 is 0 Å². The van der Waals surface area contributed by atoms with Crippen molar-refractivity contribution in [2.75, 3.05) is 7.05 Å². The molecule has 1 aromatic rings. The monoisotopic (exact) mass is 359 g/mol. The first-order valence-corrected chi connectivity index (χ1v) is 7.79. The van der Waals surface area contributed by atoms with Crippen LogP contribution in [0.4, 0.5) is 18.0 Å². The van der Waals surface area contributed by atoms with Crippen LogP contribution < -0.4 is 10.6 Å². The van der Waals surface area contributed by atoms with Gasteiger partial charge in [0.1, 0.15) is 0 Å². The van der Waals surface area contributed by atoms with Crippen LogP contribution in [0, 0.1) is 0 Å². The number of nitrogens with one attached hydrogen (secondary N) is 2. The number of benzene rings is 1. The average Bonchev–Trinajstić information content (AvgIpc) is 2.43. The van der Waals surface area contributed by atoms with Crippen LogP contribution in [0.3, 0.4) is 0 Å². The summed E-state index contributed by atoms with van der Waals surface area (Å²) in [7, 11) is 1.66. The molecule has 0 radical (unpaired) electrons. The van der Waals surface area contributed by atoms with E-state index in [0.717, 1.165) is 12.1 Å². The number of hydrogen-bond acceptors (Lipinski definition) is 3. The third kappa shape index (κ3) is 7.13. The van der Waals surface area contributed by atoms with Gasteiger partial charge >= 0.3 is 12.2 Å². The van der Waals surface area contributed by atoms with Crippen molar-refractivity contribution < 1.29 is 22.8 Å². The Labute approximate surface area is 145 Å². The second-order valence-corrected chi connectivity index (χ2v) is 6.98. The Balaban J connectivity index is 2.62. The molecule has 1 aromatic carbocycles. The molecule has 1 rings (SSSR count). The highest BCUT2D eigenvalue weighted by Gasteiger charge is 2.30. The third-order valence-corrected chi connectivity index (χ3v) is 3.48. The van der Waals surface area contributed by atoms with Crippen molar-refractivity contribution >= 4 is 11.9 Å². The number of nitrogens with zero attached hydrogens (tertiary/aromatic N) is 1. The van der Waals surface area contributed by atoms with Crippen LogP contribution in [0.1, 0.15) is 38.8 Å². The van der Waals surface area contributed by atoms with E-state index in [1.165, 1.54) is 12.1 Å². The molecule has 1 atom stereocenters. The topological polar surface area (TPSA) is 61.4 Å². The highest BCUT2D eigenvalue weighted by atomic mass is 19.4. The Hall–Kier alpha value is -2.09. The van der Waals surface area contributed by atoms with Crippen molar-refractivity contribution in [2.24, 2.45) is 0 Å². The molecule has 0 aromatic heterocycles. The molecule has 0 spiro atoms. The maximum atomic E-state index is 12.6. The van der Waals surface area contributed by atoms with Crippen LogP contribution >= 0.6 is 0 Å². The quantitative estimate of drug-likeness (QED) is 0.868. The fourth-order valence-electron chi connectivity index (χ4n) is 2.01. The van der Waals surface area contributed by atoms with Gasteiger partial charge in [-0.05, 0) is 52.4 Å². The van der Waals surface area contributed by atoms with Gasteiger partial charge in [0.25, 0.3) is 0 Å². The number of hydrogen-bond donors (Lipinski definition) is 2. The molecule has 25 heavy (non-hydrogen) atoms. The van der Waals surface area contributed by atoms with Gasteiger partial charge in [0.2, 0.25) is 5.91 Å². The molecule has 0 saturated heterocycles. The van der Waals surface area contributed by atoms with E-state index in [9.17, 15) is 22.8 Å². The summed E-state index contributed by atoms with van der Waals surface area (Å²) in [6.45, 7) is 7.25. The number of amides is 3. The first-order chi connectivity index (χ1) is 11.3. The van der Waals surface area contributed by atoms with Gasteiger partial charge in [-0.3, -0.25) is 15.0 Å². The summed E-state index contributed by atoms with van der Waals surface area (Å²) in [6.07, 6.45) is -4.38. The molecule has 8 heteroatoms. The van der Waals surface area contributed by atoms with Gasteiger partial charge in [-0.15, -0.1) is 0 Å². The van der Waals surface area contributed by atoms with Crippen molar-refractivity contribution in [3.8, 4) is 0 Å². The van der Waals surface area contributed by atoms with Gasteiger partial charge in [0.05, 0.1) is 11.6 Å². The summed E-state index contributed by atoms with van der Waals surface area (Å²) >= 11 is 0. The van der Waals surface area contributed by atoms with E-state index in [1.54, 1.807) is 39.6 Å². The van der Waals surface area contributed by atoms with Crippen molar-refractivity contribution in [1.29, 1.82) is 0 Å². The molecule has 0 aliphatic heterocycles. The van der Waals surface area contributed by atoms with Crippen molar-refractivity contribution in [3.63, 3.8) is 0 Å². The summed E-state index contributed by atoms with van der Waals surface area (Å²) in [5, 5.41) is 4.87. The lowest BCUT2D eigenvalue weighted by molar-refractivity contribution is -0.137. The molecule has 5 nitrogen and oxygen atoms in total. The van der Waals surface area contributed by atoms with E-state index in [0.29, 0.717) is 5.56 Å². The fraction of sp³-hybridized carbons (Fsp3) is 0.529. The van der Waals surface area contributed by atoms with Crippen molar-refractivity contribution in [2.45, 2.75) is 52.0 Å². The standard InChI is InChI=1S/C17H24F3N3O2/c1-11(14(24)21-15(25)22-16(2,3)4)23(5)10-12-6-8-13(9-7-12)17(18,19)20/h6-9,11H,10H2,1-5H3,(H2,21,22,24,25)/t11-/m0/s1. The summed E-state index contributed by atoms with van der Waals surface area (Å²) < 4.78 is 37.7. The zero-order valence-corrected chi connectivity index (χ0v) is 15.0. The predicted molar refractivity (Wildman–Crippen MR) is 88.8 cm³/mol. The Morgan fingerprint density at radius 3 is 2.08 bits per heavy atom. The Morgan fingerprint density at radius 2 is 1.64 bits per heavy atom. The summed E-state index contributed by atoms with van der Waals surface area (Å²) in [6, 6.07) is 3.53. The minimum atomic E-state index is -4.38. The van der Waals surface area contributed by atoms with Gasteiger partial charge < -0.3 is 5.32 Å². The van der Waals surface area contributed by atoms with E-state index in [2.05, 4.69) is 10.6 Å². The van der Waals surface area contributed by atoms with Gasteiger partial charge in [-0.1, -0.05) is 12.1 Å². The number of likely N-dealkylation sites (N-methyl/N-ethyl adjacent to an activating group) is 1. The minimum absolute atomic E-state index is 0.271. The first-order valence-electron chi connectivity index (χ1n) is 7.79. The summed E-state index contributed by atoms with van der Waals surface area (Å²) in [5.41, 5.74) is -0.558. The third-order valence-electron chi connectivity index (χ3n) is 3.48. The molecule has 140 valence electrons. The van der Waals surface area contributed by atoms with Gasteiger partial charge in [-0.2, -0.15) is 13.2 Å². The fourth-order valence-corrected chi connectivity index (χ4v) is 2.01. The zero-order chi connectivity index (χ0) is 19.4. The second kappa shape index (κ2) is 7.86. The molecule has 0 unspecified atom stereocenters. The minimum Gasteiger partial charge on any atom is -0.333 e. The van der Waals surface area contributed by atoms with Crippen molar-refractivity contribution in [1.82, 2.24) is 15.5 Å². The lowest BCUT2D eigenvalue weighted by Gasteiger charge is -2.25. The number of urea groups is 1. The number of carbonyl (C=O) groups is 2. The maximum Gasteiger partial charge on any atom is 0.416 e. The molecule has 0 aliphatic carbocycles. The van der Waals surface area contributed by atoms with Crippen LogP contribution in [0.2, 0.25) is 0 Å².